The summed E-state index contributed by atoms with van der Waals surface area (Å²) in [4.78, 5) is 13.0. The zero-order chi connectivity index (χ0) is 12.6. The lowest BCUT2D eigenvalue weighted by molar-refractivity contribution is 0.268. The third kappa shape index (κ3) is 4.08. The third-order valence-corrected chi connectivity index (χ3v) is 4.10. The van der Waals surface area contributed by atoms with Crippen LogP contribution < -0.4 is 0 Å². The molecule has 0 aliphatic carbocycles. The van der Waals surface area contributed by atoms with Crippen LogP contribution in [0.15, 0.2) is 22.5 Å². The quantitative estimate of drug-likeness (QED) is 0.382. The summed E-state index contributed by atoms with van der Waals surface area (Å²) in [5.41, 5.74) is 0. The summed E-state index contributed by atoms with van der Waals surface area (Å²) in [6, 6.07) is 0. The second-order valence-electron chi connectivity index (χ2n) is 4.36. The van der Waals surface area contributed by atoms with E-state index >= 15 is 0 Å². The van der Waals surface area contributed by atoms with Crippen molar-refractivity contribution in [2.45, 2.75) is 24.4 Å². The molecule has 0 aromatic carbocycles. The molecule has 1 aliphatic rings. The molecule has 96 valence electrons. The number of aromatic amines is 1. The number of nitrogens with zero attached hydrogens (tertiary/aromatic N) is 4. The highest BCUT2D eigenvalue weighted by molar-refractivity contribution is 7.99. The maximum atomic E-state index is 8.37. The molecule has 1 fully saturated rings. The van der Waals surface area contributed by atoms with Crippen LogP contribution in [0.4, 0.5) is 0 Å². The Kier molecular flexibility index (Phi) is 5.09. The van der Waals surface area contributed by atoms with E-state index in [1.807, 2.05) is 6.20 Å². The van der Waals surface area contributed by atoms with Crippen molar-refractivity contribution in [1.29, 1.82) is 5.26 Å². The Balaban J connectivity index is 1.62. The second-order valence-corrected chi connectivity index (χ2v) is 5.44. The van der Waals surface area contributed by atoms with Crippen molar-refractivity contribution in [2.24, 2.45) is 10.9 Å². The molecular weight excluding hydrogens is 246 g/mol. The fourth-order valence-electron chi connectivity index (χ4n) is 2.12. The van der Waals surface area contributed by atoms with Crippen molar-refractivity contribution in [3.63, 3.8) is 0 Å². The van der Waals surface area contributed by atoms with Gasteiger partial charge in [-0.25, -0.2) is 4.98 Å². The highest BCUT2D eigenvalue weighted by Crippen LogP contribution is 2.23. The van der Waals surface area contributed by atoms with Gasteiger partial charge in [0.15, 0.2) is 5.16 Å². The standard InChI is InChI=1S/C12H17N5S/c13-9-14-10-17-6-1-11(2-7-17)3-8-18-12-15-4-5-16-12/h4-5,10-11H,1-3,6-8H2,(H,15,16)/b14-10-. The topological polar surface area (TPSA) is 68.1 Å². The molecule has 0 amide bonds. The Labute approximate surface area is 111 Å². The summed E-state index contributed by atoms with van der Waals surface area (Å²) in [6.07, 6.45) is 10.7. The fraction of sp³-hybridized carbons (Fsp3) is 0.583. The van der Waals surface area contributed by atoms with E-state index in [0.29, 0.717) is 0 Å². The van der Waals surface area contributed by atoms with Crippen LogP contribution in [0.3, 0.4) is 0 Å². The summed E-state index contributed by atoms with van der Waals surface area (Å²) >= 11 is 1.79. The molecule has 2 heterocycles. The van der Waals surface area contributed by atoms with Crippen molar-refractivity contribution in [3.05, 3.63) is 12.4 Å². The van der Waals surface area contributed by atoms with Crippen LogP contribution in [0.25, 0.3) is 0 Å². The maximum Gasteiger partial charge on any atom is 0.207 e. The van der Waals surface area contributed by atoms with Gasteiger partial charge in [-0.1, -0.05) is 11.8 Å². The molecule has 0 spiro atoms. The van der Waals surface area contributed by atoms with E-state index in [2.05, 4.69) is 19.9 Å². The van der Waals surface area contributed by atoms with Gasteiger partial charge in [-0.05, 0) is 25.2 Å². The van der Waals surface area contributed by atoms with Gasteiger partial charge in [-0.3, -0.25) is 0 Å². The predicted molar refractivity (Wildman–Crippen MR) is 72.3 cm³/mol. The molecular formula is C12H17N5S. The van der Waals surface area contributed by atoms with Gasteiger partial charge >= 0.3 is 0 Å². The number of rotatable bonds is 5. The minimum Gasteiger partial charge on any atom is -0.362 e. The SMILES string of the molecule is N#C/N=C\N1CCC(CCSc2ncc[nH]2)CC1. The zero-order valence-electron chi connectivity index (χ0n) is 10.2. The molecule has 18 heavy (non-hydrogen) atoms. The van der Waals surface area contributed by atoms with Gasteiger partial charge in [-0.15, -0.1) is 0 Å². The minimum absolute atomic E-state index is 0.791. The molecule has 0 bridgehead atoms. The summed E-state index contributed by atoms with van der Waals surface area (Å²) < 4.78 is 0. The predicted octanol–water partition coefficient (Wildman–Crippen LogP) is 2.11. The van der Waals surface area contributed by atoms with Crippen LogP contribution in [0.5, 0.6) is 0 Å². The van der Waals surface area contributed by atoms with Gasteiger partial charge in [0.25, 0.3) is 0 Å². The van der Waals surface area contributed by atoms with Crippen LogP contribution in [-0.4, -0.2) is 40.0 Å². The molecule has 5 nitrogen and oxygen atoms in total. The average molecular weight is 263 g/mol. The molecule has 0 saturated carbocycles. The molecule has 1 saturated heterocycles. The van der Waals surface area contributed by atoms with Crippen LogP contribution in [0.1, 0.15) is 19.3 Å². The van der Waals surface area contributed by atoms with Crippen LogP contribution >= 0.6 is 11.8 Å². The molecule has 0 radical (unpaired) electrons. The lowest BCUT2D eigenvalue weighted by atomic mass is 9.95. The largest absolute Gasteiger partial charge is 0.362 e. The number of imidazole rings is 1. The van der Waals surface area contributed by atoms with E-state index in [4.69, 9.17) is 5.26 Å². The highest BCUT2D eigenvalue weighted by Gasteiger charge is 2.17. The van der Waals surface area contributed by atoms with Crippen LogP contribution in [0.2, 0.25) is 0 Å². The van der Waals surface area contributed by atoms with Crippen molar-refractivity contribution in [3.8, 4) is 6.19 Å². The molecule has 6 heteroatoms. The average Bonchev–Trinajstić information content (AvgIpc) is 2.91. The Morgan fingerprint density at radius 1 is 1.61 bits per heavy atom. The summed E-state index contributed by atoms with van der Waals surface area (Å²) in [5.74, 6) is 1.91. The number of nitriles is 1. The lowest BCUT2D eigenvalue weighted by Crippen LogP contribution is -2.32. The number of nitrogens with one attached hydrogen (secondary N) is 1. The summed E-state index contributed by atoms with van der Waals surface area (Å²) in [6.45, 7) is 2.03. The Morgan fingerprint density at radius 3 is 3.11 bits per heavy atom. The van der Waals surface area contributed by atoms with Crippen molar-refractivity contribution < 1.29 is 0 Å². The smallest absolute Gasteiger partial charge is 0.207 e. The van der Waals surface area contributed by atoms with Crippen LogP contribution in [0, 0.1) is 17.4 Å². The van der Waals surface area contributed by atoms with Gasteiger partial charge in [0, 0.05) is 31.2 Å². The number of hydrogen-bond donors (Lipinski definition) is 1. The van der Waals surface area contributed by atoms with E-state index < -0.39 is 0 Å². The normalized spacial score (nSPS) is 17.2. The highest BCUT2D eigenvalue weighted by atomic mass is 32.2. The maximum absolute atomic E-state index is 8.37. The number of aromatic nitrogens is 2. The first-order valence-corrected chi connectivity index (χ1v) is 7.15. The Morgan fingerprint density at radius 2 is 2.44 bits per heavy atom. The number of H-pyrrole nitrogens is 1. The van der Waals surface area contributed by atoms with Gasteiger partial charge in [0.2, 0.25) is 6.19 Å². The molecule has 0 unspecified atom stereocenters. The van der Waals surface area contributed by atoms with Crippen molar-refractivity contribution >= 4 is 18.1 Å². The third-order valence-electron chi connectivity index (χ3n) is 3.17. The van der Waals surface area contributed by atoms with Crippen molar-refractivity contribution in [2.75, 3.05) is 18.8 Å². The summed E-state index contributed by atoms with van der Waals surface area (Å²) in [5, 5.41) is 9.38. The zero-order valence-corrected chi connectivity index (χ0v) is 11.1. The number of hydrogen-bond acceptors (Lipinski definition) is 4. The number of aliphatic imine (C=N–C) groups is 1. The minimum atomic E-state index is 0.791. The molecule has 1 aromatic rings. The number of piperidine rings is 1. The van der Waals surface area contributed by atoms with Gasteiger partial charge in [-0.2, -0.15) is 10.3 Å². The monoisotopic (exact) mass is 263 g/mol. The van der Waals surface area contributed by atoms with Crippen molar-refractivity contribution in [1.82, 2.24) is 14.9 Å². The summed E-state index contributed by atoms with van der Waals surface area (Å²) in [7, 11) is 0. The second kappa shape index (κ2) is 7.07. The lowest BCUT2D eigenvalue weighted by Gasteiger charge is -2.30. The van der Waals surface area contributed by atoms with Crippen LogP contribution in [-0.2, 0) is 0 Å². The molecule has 1 N–H and O–H groups in total. The van der Waals surface area contributed by atoms with E-state index in [9.17, 15) is 0 Å². The van der Waals surface area contributed by atoms with Gasteiger partial charge in [0.1, 0.15) is 6.34 Å². The van der Waals surface area contributed by atoms with E-state index in [0.717, 1.165) is 29.9 Å². The van der Waals surface area contributed by atoms with E-state index in [-0.39, 0.29) is 0 Å². The fourth-order valence-corrected chi connectivity index (χ4v) is 3.05. The molecule has 0 atom stereocenters. The van der Waals surface area contributed by atoms with Gasteiger partial charge < -0.3 is 9.88 Å². The first-order valence-electron chi connectivity index (χ1n) is 6.17. The molecule has 1 aliphatic heterocycles. The first kappa shape index (κ1) is 13.0. The van der Waals surface area contributed by atoms with E-state index in [1.165, 1.54) is 19.3 Å². The number of likely N-dealkylation sites (tertiary alicyclic amines) is 1. The van der Waals surface area contributed by atoms with Gasteiger partial charge in [0.05, 0.1) is 0 Å². The Hall–Kier alpha value is -1.48. The Bertz CT molecular complexity index is 401. The molecule has 1 aromatic heterocycles. The molecule has 2 rings (SSSR count). The van der Waals surface area contributed by atoms with E-state index in [1.54, 1.807) is 30.5 Å². The number of thioether (sulfide) groups is 1. The first-order chi connectivity index (χ1) is 8.88.